The van der Waals surface area contributed by atoms with E-state index in [0.29, 0.717) is 10.6 Å². The van der Waals surface area contributed by atoms with E-state index in [0.717, 1.165) is 12.1 Å². The molecule has 9 heteroatoms. The Kier molecular flexibility index (Phi) is 5.22. The summed E-state index contributed by atoms with van der Waals surface area (Å²) in [6.45, 7) is 1.58. The number of halogens is 5. The maximum absolute atomic E-state index is 14.8. The first-order valence-corrected chi connectivity index (χ1v) is 9.71. The summed E-state index contributed by atoms with van der Waals surface area (Å²) in [7, 11) is -4.37. The van der Waals surface area contributed by atoms with Gasteiger partial charge in [0.1, 0.15) is 0 Å². The molecule has 0 amide bonds. The molecule has 2 N–H and O–H groups in total. The monoisotopic (exact) mass is 429 g/mol. The van der Waals surface area contributed by atoms with Gasteiger partial charge in [0, 0.05) is 21.7 Å². The molecule has 0 heterocycles. The van der Waals surface area contributed by atoms with Crippen LogP contribution in [0.5, 0.6) is 0 Å². The summed E-state index contributed by atoms with van der Waals surface area (Å²) in [6.07, 6.45) is 0. The van der Waals surface area contributed by atoms with Crippen molar-refractivity contribution in [3.8, 4) is 22.3 Å². The minimum absolute atomic E-state index is 0.0172. The fourth-order valence-corrected chi connectivity index (χ4v) is 3.74. The topological polar surface area (TPSA) is 60.2 Å². The van der Waals surface area contributed by atoms with E-state index < -0.39 is 54.9 Å². The Morgan fingerprint density at radius 3 is 2.00 bits per heavy atom. The number of benzene rings is 3. The molecule has 3 nitrogen and oxygen atoms in total. The Morgan fingerprint density at radius 1 is 0.857 bits per heavy atom. The van der Waals surface area contributed by atoms with E-state index in [1.165, 1.54) is 30.3 Å². The molecule has 0 aromatic heterocycles. The van der Waals surface area contributed by atoms with Gasteiger partial charge < -0.3 is 0 Å². The van der Waals surface area contributed by atoms with Crippen molar-refractivity contribution in [1.29, 1.82) is 0 Å². The predicted octanol–water partition coefficient (Wildman–Crippen LogP) is 5.19. The van der Waals surface area contributed by atoms with Gasteiger partial charge in [-0.05, 0) is 36.2 Å². The summed E-state index contributed by atoms with van der Waals surface area (Å²) in [5, 5.41) is 5.47. The lowest BCUT2D eigenvalue weighted by Crippen LogP contribution is -2.14. The molecule has 0 aliphatic rings. The predicted molar refractivity (Wildman–Crippen MR) is 98.3 cm³/mol. The normalized spacial score (nSPS) is 11.7. The Morgan fingerprint density at radius 2 is 1.43 bits per heavy atom. The summed E-state index contributed by atoms with van der Waals surface area (Å²) < 4.78 is 81.3. The second kappa shape index (κ2) is 7.20. The van der Waals surface area contributed by atoms with Gasteiger partial charge in [0.25, 0.3) is 0 Å². The lowest BCUT2D eigenvalue weighted by Gasteiger charge is -2.17. The van der Waals surface area contributed by atoms with Crippen LogP contribution in [0.2, 0.25) is 5.02 Å². The van der Waals surface area contributed by atoms with Crippen LogP contribution in [0.15, 0.2) is 47.4 Å². The summed E-state index contributed by atoms with van der Waals surface area (Å²) >= 11 is 5.94. The number of nitrogens with two attached hydrogens (primary N) is 1. The average Bonchev–Trinajstić information content (AvgIpc) is 2.64. The van der Waals surface area contributed by atoms with Crippen molar-refractivity contribution in [2.24, 2.45) is 5.14 Å². The zero-order valence-corrected chi connectivity index (χ0v) is 15.8. The van der Waals surface area contributed by atoms with E-state index in [9.17, 15) is 26.0 Å². The van der Waals surface area contributed by atoms with E-state index >= 15 is 0 Å². The van der Waals surface area contributed by atoms with Gasteiger partial charge in [0.05, 0.1) is 4.90 Å². The van der Waals surface area contributed by atoms with Crippen molar-refractivity contribution in [1.82, 2.24) is 0 Å². The van der Waals surface area contributed by atoms with Crippen molar-refractivity contribution >= 4 is 21.6 Å². The van der Waals surface area contributed by atoms with Gasteiger partial charge in [-0.25, -0.2) is 31.1 Å². The Balaban J connectivity index is 2.52. The van der Waals surface area contributed by atoms with Crippen LogP contribution in [-0.2, 0) is 10.0 Å². The van der Waals surface area contributed by atoms with E-state index in [2.05, 4.69) is 0 Å². The van der Waals surface area contributed by atoms with Crippen LogP contribution in [0.1, 0.15) is 5.56 Å². The van der Waals surface area contributed by atoms with Gasteiger partial charge in [-0.2, -0.15) is 0 Å². The maximum atomic E-state index is 14.8. The number of primary sulfonamides is 1. The molecule has 0 aliphatic carbocycles. The highest BCUT2D eigenvalue weighted by Crippen LogP contribution is 2.41. The molecular formula is C19H12ClF4NO2S. The highest BCUT2D eigenvalue weighted by molar-refractivity contribution is 7.89. The van der Waals surface area contributed by atoms with Crippen LogP contribution in [0, 0.1) is 30.2 Å². The lowest BCUT2D eigenvalue weighted by molar-refractivity contribution is 0.412. The largest absolute Gasteiger partial charge is 0.238 e. The molecule has 3 rings (SSSR count). The summed E-state index contributed by atoms with van der Waals surface area (Å²) in [4.78, 5) is -0.564. The third-order valence-electron chi connectivity index (χ3n) is 4.18. The smallest absolute Gasteiger partial charge is 0.225 e. The first-order valence-electron chi connectivity index (χ1n) is 7.78. The van der Waals surface area contributed by atoms with Gasteiger partial charge in [-0.3, -0.25) is 0 Å². The SMILES string of the molecule is Cc1cc(-c2c(F)c(F)c(F)c(F)c2-c2ccccc2S(N)(=O)=O)ccc1Cl. The Bertz CT molecular complexity index is 1210. The molecule has 0 saturated heterocycles. The van der Waals surface area contributed by atoms with E-state index in [4.69, 9.17) is 16.7 Å². The second-order valence-electron chi connectivity index (χ2n) is 6.01. The molecule has 0 fully saturated rings. The van der Waals surface area contributed by atoms with Gasteiger partial charge in [-0.15, -0.1) is 0 Å². The summed E-state index contributed by atoms with van der Waals surface area (Å²) in [5.41, 5.74) is -1.36. The molecule has 0 aliphatic heterocycles. The van der Waals surface area contributed by atoms with E-state index in [1.807, 2.05) is 0 Å². The highest BCUT2D eigenvalue weighted by atomic mass is 35.5. The van der Waals surface area contributed by atoms with Crippen molar-refractivity contribution in [3.63, 3.8) is 0 Å². The molecule has 0 saturated carbocycles. The lowest BCUT2D eigenvalue weighted by atomic mass is 9.92. The molecule has 28 heavy (non-hydrogen) atoms. The molecule has 0 atom stereocenters. The van der Waals surface area contributed by atoms with Crippen LogP contribution in [0.4, 0.5) is 17.6 Å². The second-order valence-corrected chi connectivity index (χ2v) is 7.95. The fraction of sp³-hybridized carbons (Fsp3) is 0.0526. The van der Waals surface area contributed by atoms with Crippen LogP contribution >= 0.6 is 11.6 Å². The Labute approximate surface area is 163 Å². The first kappa shape index (κ1) is 20.3. The van der Waals surface area contributed by atoms with Crippen molar-refractivity contribution in [2.45, 2.75) is 11.8 Å². The number of rotatable bonds is 3. The summed E-state index contributed by atoms with van der Waals surface area (Å²) in [5.74, 6) is -7.49. The van der Waals surface area contributed by atoms with Crippen LogP contribution in [0.25, 0.3) is 22.3 Å². The fourth-order valence-electron chi connectivity index (χ4n) is 2.88. The molecule has 0 radical (unpaired) electrons. The van der Waals surface area contributed by atoms with Crippen molar-refractivity contribution < 1.29 is 26.0 Å². The minimum atomic E-state index is -4.37. The van der Waals surface area contributed by atoms with Crippen molar-refractivity contribution in [3.05, 3.63) is 76.3 Å². The first-order chi connectivity index (χ1) is 13.0. The molecule has 0 unspecified atom stereocenters. The highest BCUT2D eigenvalue weighted by Gasteiger charge is 2.29. The van der Waals surface area contributed by atoms with E-state index in [1.54, 1.807) is 6.92 Å². The van der Waals surface area contributed by atoms with Crippen LogP contribution < -0.4 is 5.14 Å². The van der Waals surface area contributed by atoms with Gasteiger partial charge in [0.15, 0.2) is 23.3 Å². The average molecular weight is 430 g/mol. The molecule has 3 aromatic carbocycles. The van der Waals surface area contributed by atoms with Crippen LogP contribution in [0.3, 0.4) is 0 Å². The maximum Gasteiger partial charge on any atom is 0.238 e. The number of hydrogen-bond donors (Lipinski definition) is 1. The van der Waals surface area contributed by atoms with Crippen molar-refractivity contribution in [2.75, 3.05) is 0 Å². The third-order valence-corrected chi connectivity index (χ3v) is 5.57. The molecule has 0 spiro atoms. The van der Waals surface area contributed by atoms with Gasteiger partial charge in [-0.1, -0.05) is 35.9 Å². The molecule has 146 valence electrons. The zero-order valence-electron chi connectivity index (χ0n) is 14.2. The minimum Gasteiger partial charge on any atom is -0.225 e. The summed E-state index contributed by atoms with van der Waals surface area (Å²) in [6, 6.07) is 8.83. The number of aryl methyl sites for hydroxylation is 1. The zero-order chi connectivity index (χ0) is 20.8. The third kappa shape index (κ3) is 3.39. The Hall–Kier alpha value is -2.42. The molecule has 0 bridgehead atoms. The standard InChI is InChI=1S/C19H12ClF4NO2S/c1-9-8-10(6-7-12(9)20)14-15(17(22)19(24)18(23)16(14)21)11-4-2-3-5-13(11)28(25,26)27/h2-8H,1H3,(H2,25,26,27). The number of sulfonamides is 1. The number of hydrogen-bond acceptors (Lipinski definition) is 2. The van der Waals surface area contributed by atoms with Crippen LogP contribution in [-0.4, -0.2) is 8.42 Å². The van der Waals surface area contributed by atoms with Gasteiger partial charge >= 0.3 is 0 Å². The molecular weight excluding hydrogens is 418 g/mol. The van der Waals surface area contributed by atoms with E-state index in [-0.39, 0.29) is 5.56 Å². The molecule has 3 aromatic rings. The van der Waals surface area contributed by atoms with Gasteiger partial charge in [0.2, 0.25) is 10.0 Å². The quantitative estimate of drug-likeness (QED) is 0.354.